The Bertz CT molecular complexity index is 2690. The van der Waals surface area contributed by atoms with Crippen molar-refractivity contribution in [1.29, 1.82) is 5.26 Å². The third-order valence-corrected chi connectivity index (χ3v) is 9.40. The zero-order chi connectivity index (χ0) is 32.2. The van der Waals surface area contributed by atoms with Gasteiger partial charge in [0.05, 0.1) is 40.3 Å². The quantitative estimate of drug-likeness (QED) is 0.183. The summed E-state index contributed by atoms with van der Waals surface area (Å²) in [6.07, 6.45) is 0. The van der Waals surface area contributed by atoms with E-state index in [0.29, 0.717) is 11.3 Å². The molecule has 0 aliphatic carbocycles. The Balaban J connectivity index is 1.17. The van der Waals surface area contributed by atoms with Crippen molar-refractivity contribution in [1.82, 2.24) is 9.13 Å². The van der Waals surface area contributed by atoms with E-state index >= 15 is 0 Å². The normalized spacial score (nSPS) is 11.3. The average molecular weight is 611 g/mol. The van der Waals surface area contributed by atoms with E-state index in [1.165, 1.54) is 21.8 Å². The van der Waals surface area contributed by atoms with Crippen LogP contribution in [0.5, 0.6) is 0 Å². The highest BCUT2D eigenvalue weighted by Crippen LogP contribution is 2.40. The largest absolute Gasteiger partial charge is 0.310 e. The summed E-state index contributed by atoms with van der Waals surface area (Å²) in [7, 11) is 0. The van der Waals surface area contributed by atoms with E-state index in [-0.39, 0.29) is 0 Å². The number of rotatable bonds is 4. The molecule has 222 valence electrons. The second kappa shape index (κ2) is 10.9. The highest BCUT2D eigenvalue weighted by Gasteiger charge is 2.18. The number of aromatic nitrogens is 2. The zero-order valence-electron chi connectivity index (χ0n) is 25.8. The van der Waals surface area contributed by atoms with Gasteiger partial charge in [0.25, 0.3) is 0 Å². The van der Waals surface area contributed by atoms with Crippen molar-refractivity contribution in [2.75, 3.05) is 0 Å². The molecule has 0 fully saturated rings. The molecule has 0 saturated heterocycles. The fourth-order valence-electron chi connectivity index (χ4n) is 7.24. The van der Waals surface area contributed by atoms with Crippen molar-refractivity contribution in [2.24, 2.45) is 0 Å². The van der Waals surface area contributed by atoms with Gasteiger partial charge in [-0.1, -0.05) is 109 Å². The molecule has 7 aromatic carbocycles. The van der Waals surface area contributed by atoms with Crippen LogP contribution in [0.25, 0.3) is 82.1 Å². The highest BCUT2D eigenvalue weighted by molar-refractivity contribution is 6.10. The summed E-state index contributed by atoms with van der Waals surface area (Å²) in [6.45, 7) is 7.77. The van der Waals surface area contributed by atoms with E-state index in [0.717, 1.165) is 55.4 Å². The number of nitriles is 1. The van der Waals surface area contributed by atoms with Gasteiger partial charge < -0.3 is 9.13 Å². The molecule has 0 atom stereocenters. The topological polar surface area (TPSA) is 38.0 Å². The van der Waals surface area contributed by atoms with Gasteiger partial charge in [-0.05, 0) is 59.7 Å². The Morgan fingerprint density at radius 2 is 0.958 bits per heavy atom. The first kappa shape index (κ1) is 27.4. The molecular formula is C44H26N4. The van der Waals surface area contributed by atoms with Gasteiger partial charge in [-0.25, -0.2) is 4.85 Å². The highest BCUT2D eigenvalue weighted by atomic mass is 15.0. The number of hydrogen-bond acceptors (Lipinski definition) is 1. The van der Waals surface area contributed by atoms with Gasteiger partial charge in [0.1, 0.15) is 0 Å². The Kier molecular flexibility index (Phi) is 6.22. The van der Waals surface area contributed by atoms with Crippen LogP contribution in [0.4, 0.5) is 5.69 Å². The van der Waals surface area contributed by atoms with Crippen molar-refractivity contribution in [2.45, 2.75) is 0 Å². The van der Waals surface area contributed by atoms with Gasteiger partial charge in [-0.2, -0.15) is 5.26 Å². The van der Waals surface area contributed by atoms with Crippen LogP contribution >= 0.6 is 0 Å². The minimum atomic E-state index is 0.550. The molecule has 48 heavy (non-hydrogen) atoms. The van der Waals surface area contributed by atoms with Crippen LogP contribution < -0.4 is 0 Å². The lowest BCUT2D eigenvalue weighted by molar-refractivity contribution is 1.18. The van der Waals surface area contributed by atoms with Crippen LogP contribution in [-0.2, 0) is 0 Å². The summed E-state index contributed by atoms with van der Waals surface area (Å²) in [5.41, 5.74) is 11.3. The predicted octanol–water partition coefficient (Wildman–Crippen LogP) is 11.6. The first-order chi connectivity index (χ1) is 23.7. The van der Waals surface area contributed by atoms with Gasteiger partial charge in [-0.15, -0.1) is 0 Å². The molecule has 4 nitrogen and oxygen atoms in total. The molecular weight excluding hydrogens is 585 g/mol. The Labute approximate surface area is 277 Å². The van der Waals surface area contributed by atoms with Gasteiger partial charge >= 0.3 is 0 Å². The number of fused-ring (bicyclic) bond motifs is 6. The molecule has 0 spiro atoms. The maximum atomic E-state index is 10.5. The maximum absolute atomic E-state index is 10.5. The minimum Gasteiger partial charge on any atom is -0.310 e. The molecule has 2 heterocycles. The van der Waals surface area contributed by atoms with Crippen LogP contribution in [0.3, 0.4) is 0 Å². The third-order valence-electron chi connectivity index (χ3n) is 9.40. The summed E-state index contributed by atoms with van der Waals surface area (Å²) in [5, 5.41) is 15.2. The van der Waals surface area contributed by atoms with Crippen molar-refractivity contribution in [3.8, 4) is 39.7 Å². The summed E-state index contributed by atoms with van der Waals surface area (Å²) in [6, 6.07) is 56.6. The lowest BCUT2D eigenvalue weighted by Gasteiger charge is -2.16. The van der Waals surface area contributed by atoms with E-state index in [9.17, 15) is 5.26 Å². The molecule has 0 bridgehead atoms. The van der Waals surface area contributed by atoms with E-state index in [1.807, 2.05) is 42.5 Å². The Morgan fingerprint density at radius 1 is 0.479 bits per heavy atom. The molecule has 0 radical (unpaired) electrons. The molecule has 0 unspecified atom stereocenters. The van der Waals surface area contributed by atoms with Crippen molar-refractivity contribution in [3.05, 3.63) is 175 Å². The summed E-state index contributed by atoms with van der Waals surface area (Å²) in [4.78, 5) is 3.76. The van der Waals surface area contributed by atoms with Gasteiger partial charge in [-0.3, -0.25) is 0 Å². The number of para-hydroxylation sites is 4. The molecule has 9 rings (SSSR count). The molecule has 0 N–H and O–H groups in total. The van der Waals surface area contributed by atoms with E-state index < -0.39 is 0 Å². The SMILES string of the molecule is [C-]#[N+]c1ccc(-c2ccc(-c3ccc(-n4c5ccccc5c5ccccc54)cc3)cc2C#N)c(-n2c3ccccc3c3ccccc32)c1. The smallest absolute Gasteiger partial charge is 0.189 e. The number of hydrogen-bond donors (Lipinski definition) is 0. The standard InChI is InChI=1S/C44H26N4/c1-46-32-21-25-39(44(27-32)48-42-16-8-4-12-37(42)38-13-5-9-17-43(38)48)34-24-20-30(26-31(34)28-45)29-18-22-33(23-19-29)47-40-14-6-2-10-35(40)36-11-3-7-15-41(36)47/h2-27H. The second-order valence-electron chi connectivity index (χ2n) is 12.0. The summed E-state index contributed by atoms with van der Waals surface area (Å²) >= 11 is 0. The van der Waals surface area contributed by atoms with Gasteiger partial charge in [0.15, 0.2) is 5.69 Å². The van der Waals surface area contributed by atoms with Crippen molar-refractivity contribution >= 4 is 49.3 Å². The molecule has 0 amide bonds. The fourth-order valence-corrected chi connectivity index (χ4v) is 7.24. The van der Waals surface area contributed by atoms with Crippen molar-refractivity contribution < 1.29 is 0 Å². The van der Waals surface area contributed by atoms with Gasteiger partial charge in [0, 0.05) is 44.0 Å². The lowest BCUT2D eigenvalue weighted by Crippen LogP contribution is -1.98. The first-order valence-electron chi connectivity index (χ1n) is 15.9. The fraction of sp³-hybridized carbons (Fsp3) is 0. The molecule has 2 aromatic heterocycles. The molecule has 0 aliphatic heterocycles. The average Bonchev–Trinajstić information content (AvgIpc) is 3.67. The van der Waals surface area contributed by atoms with E-state index in [2.05, 4.69) is 135 Å². The third kappa shape index (κ3) is 4.14. The van der Waals surface area contributed by atoms with Crippen LogP contribution in [-0.4, -0.2) is 9.13 Å². The van der Waals surface area contributed by atoms with Crippen molar-refractivity contribution in [3.63, 3.8) is 0 Å². The zero-order valence-corrected chi connectivity index (χ0v) is 25.8. The first-order valence-corrected chi connectivity index (χ1v) is 15.9. The molecule has 9 aromatic rings. The predicted molar refractivity (Wildman–Crippen MR) is 197 cm³/mol. The minimum absolute atomic E-state index is 0.550. The lowest BCUT2D eigenvalue weighted by atomic mass is 9.94. The Morgan fingerprint density at radius 3 is 1.48 bits per heavy atom. The van der Waals surface area contributed by atoms with E-state index in [4.69, 9.17) is 6.57 Å². The monoisotopic (exact) mass is 610 g/mol. The van der Waals surface area contributed by atoms with Crippen LogP contribution in [0, 0.1) is 17.9 Å². The maximum Gasteiger partial charge on any atom is 0.189 e. The van der Waals surface area contributed by atoms with Crippen LogP contribution in [0.15, 0.2) is 158 Å². The molecule has 0 saturated carbocycles. The number of benzene rings is 7. The molecule has 0 aliphatic rings. The van der Waals surface area contributed by atoms with Gasteiger partial charge in [0.2, 0.25) is 0 Å². The molecule has 4 heteroatoms. The van der Waals surface area contributed by atoms with E-state index in [1.54, 1.807) is 0 Å². The Hall–Kier alpha value is -6.88. The number of nitrogens with zero attached hydrogens (tertiary/aromatic N) is 4. The van der Waals surface area contributed by atoms with Crippen LogP contribution in [0.2, 0.25) is 0 Å². The summed E-state index contributed by atoms with van der Waals surface area (Å²) < 4.78 is 4.53. The van der Waals surface area contributed by atoms with Crippen LogP contribution in [0.1, 0.15) is 5.56 Å². The second-order valence-corrected chi connectivity index (χ2v) is 12.0. The summed E-state index contributed by atoms with van der Waals surface area (Å²) in [5.74, 6) is 0.